The lowest BCUT2D eigenvalue weighted by Crippen LogP contribution is -2.32. The minimum Gasteiger partial charge on any atom is -0.462 e. The molecule has 14 heavy (non-hydrogen) atoms. The number of ether oxygens (including phenoxy) is 3. The number of methoxy groups -OCH3 is 1. The fourth-order valence-corrected chi connectivity index (χ4v) is 0.719. The lowest BCUT2D eigenvalue weighted by molar-refractivity contribution is -0.146. The van der Waals surface area contributed by atoms with Gasteiger partial charge in [0.25, 0.3) is 0 Å². The Morgan fingerprint density at radius 1 is 1.29 bits per heavy atom. The zero-order valence-electron chi connectivity index (χ0n) is 8.82. The van der Waals surface area contributed by atoms with Crippen LogP contribution in [-0.4, -0.2) is 45.5 Å². The van der Waals surface area contributed by atoms with Gasteiger partial charge in [0.15, 0.2) is 0 Å². The Morgan fingerprint density at radius 3 is 2.50 bits per heavy atom. The third kappa shape index (κ3) is 6.82. The minimum absolute atomic E-state index is 0.246. The average molecular weight is 205 g/mol. The highest BCUT2D eigenvalue weighted by molar-refractivity contribution is 5.75. The van der Waals surface area contributed by atoms with Crippen molar-refractivity contribution >= 4 is 5.97 Å². The maximum absolute atomic E-state index is 11.0. The molecule has 84 valence electrons. The van der Waals surface area contributed by atoms with Crippen molar-refractivity contribution in [2.75, 3.05) is 33.5 Å². The van der Waals surface area contributed by atoms with E-state index in [-0.39, 0.29) is 12.6 Å². The first-order valence-corrected chi connectivity index (χ1v) is 4.71. The first-order chi connectivity index (χ1) is 6.72. The van der Waals surface area contributed by atoms with E-state index in [1.54, 1.807) is 7.11 Å². The summed E-state index contributed by atoms with van der Waals surface area (Å²) in [5, 5.41) is 0. The van der Waals surface area contributed by atoms with Crippen LogP contribution in [0.4, 0.5) is 0 Å². The molecule has 0 radical (unpaired) electrons. The molecule has 0 spiro atoms. The Kier molecular flexibility index (Phi) is 8.51. The van der Waals surface area contributed by atoms with Crippen LogP contribution in [0.5, 0.6) is 0 Å². The molecule has 0 aromatic rings. The van der Waals surface area contributed by atoms with Crippen LogP contribution in [0.2, 0.25) is 0 Å². The molecule has 0 aliphatic rings. The van der Waals surface area contributed by atoms with Crippen LogP contribution in [0.1, 0.15) is 13.3 Å². The van der Waals surface area contributed by atoms with Gasteiger partial charge in [0.2, 0.25) is 0 Å². The fraction of sp³-hybridized carbons (Fsp3) is 0.889. The topological polar surface area (TPSA) is 70.8 Å². The van der Waals surface area contributed by atoms with E-state index in [2.05, 4.69) is 0 Å². The number of hydrogen-bond donors (Lipinski definition) is 1. The van der Waals surface area contributed by atoms with Crippen molar-refractivity contribution in [1.82, 2.24) is 0 Å². The second kappa shape index (κ2) is 8.93. The summed E-state index contributed by atoms with van der Waals surface area (Å²) in [6.45, 7) is 3.51. The SMILES string of the molecule is CCC(N)C(=O)OCCOCCOC. The Labute approximate surface area is 84.5 Å². The van der Waals surface area contributed by atoms with Crippen molar-refractivity contribution in [3.05, 3.63) is 0 Å². The van der Waals surface area contributed by atoms with E-state index in [0.717, 1.165) is 0 Å². The molecule has 1 unspecified atom stereocenters. The standard InChI is InChI=1S/C9H19NO4/c1-3-8(10)9(11)14-7-6-13-5-4-12-2/h8H,3-7,10H2,1-2H3. The Morgan fingerprint density at radius 2 is 1.93 bits per heavy atom. The lowest BCUT2D eigenvalue weighted by Gasteiger charge is -2.09. The van der Waals surface area contributed by atoms with E-state index in [1.165, 1.54) is 0 Å². The van der Waals surface area contributed by atoms with E-state index in [0.29, 0.717) is 26.2 Å². The molecule has 0 saturated carbocycles. The average Bonchev–Trinajstić information content (AvgIpc) is 2.21. The molecule has 0 saturated heterocycles. The van der Waals surface area contributed by atoms with Crippen molar-refractivity contribution in [2.45, 2.75) is 19.4 Å². The predicted molar refractivity (Wildman–Crippen MR) is 51.9 cm³/mol. The molecule has 0 bridgehead atoms. The molecule has 0 aliphatic carbocycles. The van der Waals surface area contributed by atoms with E-state index < -0.39 is 6.04 Å². The van der Waals surface area contributed by atoms with E-state index in [4.69, 9.17) is 19.9 Å². The zero-order valence-corrected chi connectivity index (χ0v) is 8.82. The molecule has 0 rings (SSSR count). The van der Waals surface area contributed by atoms with Gasteiger partial charge < -0.3 is 19.9 Å². The van der Waals surface area contributed by atoms with Gasteiger partial charge in [-0.2, -0.15) is 0 Å². The van der Waals surface area contributed by atoms with Crippen molar-refractivity contribution in [1.29, 1.82) is 0 Å². The van der Waals surface area contributed by atoms with Crippen LogP contribution < -0.4 is 5.73 Å². The number of esters is 1. The molecule has 0 aromatic heterocycles. The quantitative estimate of drug-likeness (QED) is 0.443. The third-order valence-corrected chi connectivity index (χ3v) is 1.65. The molecule has 0 aliphatic heterocycles. The number of hydrogen-bond acceptors (Lipinski definition) is 5. The highest BCUT2D eigenvalue weighted by Gasteiger charge is 2.11. The maximum Gasteiger partial charge on any atom is 0.322 e. The summed E-state index contributed by atoms with van der Waals surface area (Å²) in [5.74, 6) is -0.372. The summed E-state index contributed by atoms with van der Waals surface area (Å²) in [6.07, 6.45) is 0.587. The van der Waals surface area contributed by atoms with Gasteiger partial charge in [-0.15, -0.1) is 0 Å². The van der Waals surface area contributed by atoms with Crippen LogP contribution in [0.25, 0.3) is 0 Å². The highest BCUT2D eigenvalue weighted by Crippen LogP contribution is 1.90. The molecule has 0 fully saturated rings. The van der Waals surface area contributed by atoms with Crippen LogP contribution in [0, 0.1) is 0 Å². The highest BCUT2D eigenvalue weighted by atomic mass is 16.6. The predicted octanol–water partition coefficient (Wildman–Crippen LogP) is -0.0701. The summed E-state index contributed by atoms with van der Waals surface area (Å²) in [4.78, 5) is 11.0. The lowest BCUT2D eigenvalue weighted by atomic mass is 10.2. The number of nitrogens with two attached hydrogens (primary N) is 1. The van der Waals surface area contributed by atoms with E-state index in [1.807, 2.05) is 6.92 Å². The summed E-state index contributed by atoms with van der Waals surface area (Å²) in [7, 11) is 1.60. The molecule has 2 N–H and O–H groups in total. The molecule has 0 aromatic carbocycles. The van der Waals surface area contributed by atoms with Crippen LogP contribution in [0.3, 0.4) is 0 Å². The van der Waals surface area contributed by atoms with E-state index >= 15 is 0 Å². The normalized spacial score (nSPS) is 12.5. The van der Waals surface area contributed by atoms with Crippen molar-refractivity contribution in [3.63, 3.8) is 0 Å². The van der Waals surface area contributed by atoms with Gasteiger partial charge in [-0.25, -0.2) is 0 Å². The summed E-state index contributed by atoms with van der Waals surface area (Å²) in [5.41, 5.74) is 5.44. The number of carbonyl (C=O) groups excluding carboxylic acids is 1. The smallest absolute Gasteiger partial charge is 0.322 e. The molecule has 5 nitrogen and oxygen atoms in total. The molecule has 1 atom stereocenters. The third-order valence-electron chi connectivity index (χ3n) is 1.65. The summed E-state index contributed by atoms with van der Waals surface area (Å²) in [6, 6.07) is -0.519. The van der Waals surface area contributed by atoms with Crippen molar-refractivity contribution < 1.29 is 19.0 Å². The van der Waals surface area contributed by atoms with Gasteiger partial charge in [-0.05, 0) is 6.42 Å². The maximum atomic E-state index is 11.0. The molecular weight excluding hydrogens is 186 g/mol. The second-order valence-corrected chi connectivity index (χ2v) is 2.79. The monoisotopic (exact) mass is 205 g/mol. The molecule has 0 amide bonds. The first kappa shape index (κ1) is 13.4. The fourth-order valence-electron chi connectivity index (χ4n) is 0.719. The first-order valence-electron chi connectivity index (χ1n) is 4.71. The molecule has 5 heteroatoms. The van der Waals surface area contributed by atoms with E-state index in [9.17, 15) is 4.79 Å². The van der Waals surface area contributed by atoms with Gasteiger partial charge in [0.1, 0.15) is 12.6 Å². The minimum atomic E-state index is -0.519. The van der Waals surface area contributed by atoms with Crippen molar-refractivity contribution in [2.24, 2.45) is 5.73 Å². The number of carbonyl (C=O) groups is 1. The second-order valence-electron chi connectivity index (χ2n) is 2.79. The molecule has 0 heterocycles. The summed E-state index contributed by atoms with van der Waals surface area (Å²) >= 11 is 0. The van der Waals surface area contributed by atoms with Gasteiger partial charge >= 0.3 is 5.97 Å². The van der Waals surface area contributed by atoms with Crippen LogP contribution in [-0.2, 0) is 19.0 Å². The Balaban J connectivity index is 3.23. The summed E-state index contributed by atoms with van der Waals surface area (Å²) < 4.78 is 14.7. The van der Waals surface area contributed by atoms with Crippen LogP contribution >= 0.6 is 0 Å². The Bertz CT molecular complexity index is 152. The molecular formula is C9H19NO4. The van der Waals surface area contributed by atoms with Crippen LogP contribution in [0.15, 0.2) is 0 Å². The largest absolute Gasteiger partial charge is 0.462 e. The zero-order chi connectivity index (χ0) is 10.8. The van der Waals surface area contributed by atoms with Gasteiger partial charge in [0.05, 0.1) is 19.8 Å². The Hall–Kier alpha value is -0.650. The number of rotatable bonds is 8. The van der Waals surface area contributed by atoms with Gasteiger partial charge in [-0.3, -0.25) is 4.79 Å². The van der Waals surface area contributed by atoms with Gasteiger partial charge in [0, 0.05) is 7.11 Å². The van der Waals surface area contributed by atoms with Crippen molar-refractivity contribution in [3.8, 4) is 0 Å². The van der Waals surface area contributed by atoms with Gasteiger partial charge in [-0.1, -0.05) is 6.92 Å².